The van der Waals surface area contributed by atoms with Gasteiger partial charge >= 0.3 is 11.9 Å². The van der Waals surface area contributed by atoms with Gasteiger partial charge < -0.3 is 14.8 Å². The minimum absolute atomic E-state index is 0.127. The second-order valence-corrected chi connectivity index (χ2v) is 3.84. The number of ether oxygens (including phenoxy) is 2. The highest BCUT2D eigenvalue weighted by Gasteiger charge is 2.26. The van der Waals surface area contributed by atoms with Crippen LogP contribution in [0.4, 0.5) is 5.82 Å². The van der Waals surface area contributed by atoms with Crippen LogP contribution in [-0.2, 0) is 15.9 Å². The Hall–Kier alpha value is -2.18. The molecule has 0 saturated carbocycles. The number of aromatic nitrogens is 2. The Morgan fingerprint density at radius 2 is 1.84 bits per heavy atom. The van der Waals surface area contributed by atoms with Gasteiger partial charge in [0, 0.05) is 12.1 Å². The molecule has 0 aromatic carbocycles. The average molecular weight is 265 g/mol. The molecule has 0 spiro atoms. The molecule has 1 aromatic heterocycles. The third-order valence-electron chi connectivity index (χ3n) is 2.60. The number of esters is 2. The topological polar surface area (TPSA) is 90.4 Å². The van der Waals surface area contributed by atoms with Crippen LogP contribution < -0.4 is 5.32 Å². The van der Waals surface area contributed by atoms with Crippen molar-refractivity contribution < 1.29 is 19.1 Å². The fraction of sp³-hybridized carbons (Fsp3) is 0.500. The lowest BCUT2D eigenvalue weighted by Crippen LogP contribution is -2.17. The second kappa shape index (κ2) is 5.64. The van der Waals surface area contributed by atoms with E-state index >= 15 is 0 Å². The van der Waals surface area contributed by atoms with Crippen molar-refractivity contribution >= 4 is 17.8 Å². The number of anilines is 1. The van der Waals surface area contributed by atoms with Crippen LogP contribution in [0, 0.1) is 0 Å². The van der Waals surface area contributed by atoms with E-state index in [4.69, 9.17) is 9.47 Å². The van der Waals surface area contributed by atoms with Crippen molar-refractivity contribution in [2.75, 3.05) is 25.1 Å². The van der Waals surface area contributed by atoms with Gasteiger partial charge in [-0.15, -0.1) is 0 Å². The van der Waals surface area contributed by atoms with Gasteiger partial charge in [0.15, 0.2) is 5.69 Å². The Bertz CT molecular complexity index is 516. The molecule has 2 heterocycles. The van der Waals surface area contributed by atoms with E-state index in [1.54, 1.807) is 13.8 Å². The van der Waals surface area contributed by atoms with Gasteiger partial charge in [0.25, 0.3) is 0 Å². The Labute approximate surface area is 110 Å². The van der Waals surface area contributed by atoms with E-state index in [9.17, 15) is 9.59 Å². The van der Waals surface area contributed by atoms with E-state index in [0.29, 0.717) is 24.3 Å². The van der Waals surface area contributed by atoms with Crippen molar-refractivity contribution in [1.29, 1.82) is 0 Å². The minimum atomic E-state index is -0.649. The molecule has 0 unspecified atom stereocenters. The summed E-state index contributed by atoms with van der Waals surface area (Å²) >= 11 is 0. The van der Waals surface area contributed by atoms with Crippen LogP contribution >= 0.6 is 0 Å². The molecule has 102 valence electrons. The summed E-state index contributed by atoms with van der Waals surface area (Å²) in [4.78, 5) is 31.5. The third kappa shape index (κ3) is 2.64. The molecule has 1 aromatic rings. The van der Waals surface area contributed by atoms with Gasteiger partial charge in [-0.05, 0) is 20.3 Å². The van der Waals surface area contributed by atoms with Crippen molar-refractivity contribution in [3.8, 4) is 0 Å². The maximum atomic E-state index is 11.8. The SMILES string of the molecule is CCOC(=O)c1nc2c(c(C(=O)OCC)n1)CCN2. The van der Waals surface area contributed by atoms with Gasteiger partial charge in [-0.2, -0.15) is 0 Å². The first kappa shape index (κ1) is 13.3. The zero-order chi connectivity index (χ0) is 13.8. The highest BCUT2D eigenvalue weighted by atomic mass is 16.5. The third-order valence-corrected chi connectivity index (χ3v) is 2.60. The maximum absolute atomic E-state index is 11.8. The van der Waals surface area contributed by atoms with Crippen molar-refractivity contribution in [2.45, 2.75) is 20.3 Å². The molecule has 1 aliphatic rings. The first-order chi connectivity index (χ1) is 9.17. The largest absolute Gasteiger partial charge is 0.461 e. The molecule has 0 radical (unpaired) electrons. The minimum Gasteiger partial charge on any atom is -0.461 e. The Balaban J connectivity index is 2.41. The van der Waals surface area contributed by atoms with Crippen molar-refractivity contribution in [3.63, 3.8) is 0 Å². The highest BCUT2D eigenvalue weighted by Crippen LogP contribution is 2.23. The fourth-order valence-corrected chi connectivity index (χ4v) is 1.83. The number of carbonyl (C=O) groups excluding carboxylic acids is 2. The molecule has 2 rings (SSSR count). The van der Waals surface area contributed by atoms with Crippen molar-refractivity contribution in [2.24, 2.45) is 0 Å². The monoisotopic (exact) mass is 265 g/mol. The number of fused-ring (bicyclic) bond motifs is 1. The molecule has 0 aliphatic carbocycles. The zero-order valence-corrected chi connectivity index (χ0v) is 10.9. The van der Waals surface area contributed by atoms with Crippen molar-refractivity contribution in [1.82, 2.24) is 9.97 Å². The summed E-state index contributed by atoms with van der Waals surface area (Å²) in [5.74, 6) is -0.820. The summed E-state index contributed by atoms with van der Waals surface area (Å²) in [6.07, 6.45) is 0.632. The molecular weight excluding hydrogens is 250 g/mol. The van der Waals surface area contributed by atoms with Crippen molar-refractivity contribution in [3.05, 3.63) is 17.1 Å². The van der Waals surface area contributed by atoms with E-state index in [0.717, 1.165) is 0 Å². The smallest absolute Gasteiger partial charge is 0.376 e. The number of hydrogen-bond acceptors (Lipinski definition) is 7. The molecule has 0 amide bonds. The first-order valence-electron chi connectivity index (χ1n) is 6.16. The fourth-order valence-electron chi connectivity index (χ4n) is 1.83. The molecule has 0 atom stereocenters. The lowest BCUT2D eigenvalue weighted by atomic mass is 10.2. The van der Waals surface area contributed by atoms with Gasteiger partial charge in [-0.25, -0.2) is 19.6 Å². The van der Waals surface area contributed by atoms with Gasteiger partial charge in [0.2, 0.25) is 5.82 Å². The molecule has 0 bridgehead atoms. The quantitative estimate of drug-likeness (QED) is 0.805. The molecule has 19 heavy (non-hydrogen) atoms. The Kier molecular flexibility index (Phi) is 3.94. The normalized spacial score (nSPS) is 12.5. The number of hydrogen-bond donors (Lipinski definition) is 1. The van der Waals surface area contributed by atoms with Gasteiger partial charge in [0.05, 0.1) is 13.2 Å². The number of rotatable bonds is 4. The van der Waals surface area contributed by atoms with E-state index in [1.165, 1.54) is 0 Å². The van der Waals surface area contributed by atoms with E-state index in [1.807, 2.05) is 0 Å². The summed E-state index contributed by atoms with van der Waals surface area (Å²) in [6, 6.07) is 0. The van der Waals surface area contributed by atoms with Crippen LogP contribution in [-0.4, -0.2) is 41.7 Å². The molecule has 1 aliphatic heterocycles. The number of carbonyl (C=O) groups is 2. The van der Waals surface area contributed by atoms with Gasteiger partial charge in [-0.3, -0.25) is 0 Å². The van der Waals surface area contributed by atoms with Gasteiger partial charge in [0.1, 0.15) is 5.82 Å². The van der Waals surface area contributed by atoms with Crippen LogP contribution in [0.3, 0.4) is 0 Å². The average Bonchev–Trinajstić information content (AvgIpc) is 2.86. The first-order valence-corrected chi connectivity index (χ1v) is 6.16. The van der Waals surface area contributed by atoms with E-state index < -0.39 is 11.9 Å². The van der Waals surface area contributed by atoms with Gasteiger partial charge in [-0.1, -0.05) is 0 Å². The second-order valence-electron chi connectivity index (χ2n) is 3.84. The molecular formula is C12H15N3O4. The van der Waals surface area contributed by atoms with Crippen LogP contribution in [0.25, 0.3) is 0 Å². The number of nitrogens with one attached hydrogen (secondary N) is 1. The lowest BCUT2D eigenvalue weighted by Gasteiger charge is -2.08. The van der Waals surface area contributed by atoms with Crippen LogP contribution in [0.15, 0.2) is 0 Å². The molecule has 0 saturated heterocycles. The Morgan fingerprint density at radius 3 is 2.53 bits per heavy atom. The van der Waals surface area contributed by atoms with E-state index in [-0.39, 0.29) is 24.7 Å². The van der Waals surface area contributed by atoms with E-state index in [2.05, 4.69) is 15.3 Å². The summed E-state index contributed by atoms with van der Waals surface area (Å²) in [7, 11) is 0. The highest BCUT2D eigenvalue weighted by molar-refractivity contribution is 5.93. The summed E-state index contributed by atoms with van der Waals surface area (Å²) < 4.78 is 9.78. The molecule has 1 N–H and O–H groups in total. The molecule has 7 heteroatoms. The maximum Gasteiger partial charge on any atom is 0.376 e. The summed E-state index contributed by atoms with van der Waals surface area (Å²) in [6.45, 7) is 4.53. The summed E-state index contributed by atoms with van der Waals surface area (Å²) in [5.41, 5.74) is 0.825. The predicted octanol–water partition coefficient (Wildman–Crippen LogP) is 0.798. The Morgan fingerprint density at radius 1 is 1.16 bits per heavy atom. The van der Waals surface area contributed by atoms with Crippen LogP contribution in [0.5, 0.6) is 0 Å². The predicted molar refractivity (Wildman–Crippen MR) is 66.1 cm³/mol. The molecule has 0 fully saturated rings. The van der Waals surface area contributed by atoms with Crippen LogP contribution in [0.1, 0.15) is 40.5 Å². The van der Waals surface area contributed by atoms with Crippen LogP contribution in [0.2, 0.25) is 0 Å². The zero-order valence-electron chi connectivity index (χ0n) is 10.9. The number of nitrogens with zero attached hydrogens (tertiary/aromatic N) is 2. The molecule has 7 nitrogen and oxygen atoms in total. The lowest BCUT2D eigenvalue weighted by molar-refractivity contribution is 0.0505. The standard InChI is InChI=1S/C12H15N3O4/c1-3-18-11(16)8-7-5-6-13-9(7)15-10(14-8)12(17)19-4-2/h3-6H2,1-2H3,(H,13,14,15). The summed E-state index contributed by atoms with van der Waals surface area (Å²) in [5, 5.41) is 3.01.